The van der Waals surface area contributed by atoms with E-state index in [1.807, 2.05) is 18.1 Å². The molecule has 1 aromatic heterocycles. The predicted octanol–water partition coefficient (Wildman–Crippen LogP) is 2.99. The van der Waals surface area contributed by atoms with Gasteiger partial charge in [-0.1, -0.05) is 35.2 Å². The van der Waals surface area contributed by atoms with E-state index in [-0.39, 0.29) is 0 Å². The van der Waals surface area contributed by atoms with Crippen molar-refractivity contribution in [2.45, 2.75) is 19.2 Å². The molecule has 0 bridgehead atoms. The van der Waals surface area contributed by atoms with Gasteiger partial charge in [0.05, 0.1) is 12.3 Å². The molecule has 0 aliphatic heterocycles. The Kier molecular flexibility index (Phi) is 5.87. The average Bonchev–Trinajstić information content (AvgIpc) is 2.86. The van der Waals surface area contributed by atoms with Crippen molar-refractivity contribution in [1.29, 1.82) is 0 Å². The number of rotatable bonds is 6. The van der Waals surface area contributed by atoms with Crippen molar-refractivity contribution in [3.8, 4) is 12.3 Å². The van der Waals surface area contributed by atoms with Crippen molar-refractivity contribution in [2.24, 2.45) is 0 Å². The first-order valence-electron chi connectivity index (χ1n) is 6.76. The summed E-state index contributed by atoms with van der Waals surface area (Å²) in [6.45, 7) is 1.56. The Hall–Kier alpha value is -1.51. The van der Waals surface area contributed by atoms with E-state index in [9.17, 15) is 5.11 Å². The number of aromatic nitrogens is 2. The lowest BCUT2D eigenvalue weighted by atomic mass is 10.1. The van der Waals surface area contributed by atoms with E-state index < -0.39 is 6.10 Å². The molecular weight excluding hydrogens is 321 g/mol. The van der Waals surface area contributed by atoms with Crippen molar-refractivity contribution in [3.63, 3.8) is 0 Å². The molecule has 1 N–H and O–H groups in total. The third-order valence-corrected chi connectivity index (χ3v) is 3.76. The number of hydrogen-bond acceptors (Lipinski definition) is 3. The number of halogens is 2. The largest absolute Gasteiger partial charge is 0.387 e. The van der Waals surface area contributed by atoms with Crippen LogP contribution in [0.15, 0.2) is 30.6 Å². The molecule has 2 rings (SSSR count). The normalized spacial score (nSPS) is 12.4. The first-order chi connectivity index (χ1) is 10.5. The molecule has 1 heterocycles. The molecule has 0 aliphatic carbocycles. The summed E-state index contributed by atoms with van der Waals surface area (Å²) in [6.07, 6.45) is 8.24. The van der Waals surface area contributed by atoms with Crippen LogP contribution in [0.3, 0.4) is 0 Å². The SMILES string of the molecule is C#CCn1cc(CN(C)CC(O)c2ccc(Cl)cc2Cl)cn1. The number of nitrogens with zero attached hydrogens (tertiary/aromatic N) is 3. The molecule has 0 radical (unpaired) electrons. The van der Waals surface area contributed by atoms with Gasteiger partial charge in [0.15, 0.2) is 0 Å². The van der Waals surface area contributed by atoms with Crippen LogP contribution < -0.4 is 0 Å². The van der Waals surface area contributed by atoms with E-state index in [4.69, 9.17) is 29.6 Å². The molecular formula is C16H17Cl2N3O. The Morgan fingerprint density at radius 1 is 1.45 bits per heavy atom. The summed E-state index contributed by atoms with van der Waals surface area (Å²) >= 11 is 12.0. The van der Waals surface area contributed by atoms with Crippen molar-refractivity contribution < 1.29 is 5.11 Å². The molecule has 0 amide bonds. The summed E-state index contributed by atoms with van der Waals surface area (Å²) in [5.41, 5.74) is 1.70. The van der Waals surface area contributed by atoms with Crippen LogP contribution in [0.5, 0.6) is 0 Å². The highest BCUT2D eigenvalue weighted by atomic mass is 35.5. The minimum Gasteiger partial charge on any atom is -0.387 e. The van der Waals surface area contributed by atoms with E-state index in [2.05, 4.69) is 11.0 Å². The van der Waals surface area contributed by atoms with E-state index >= 15 is 0 Å². The molecule has 4 nitrogen and oxygen atoms in total. The fourth-order valence-electron chi connectivity index (χ4n) is 2.21. The second kappa shape index (κ2) is 7.66. The second-order valence-corrected chi connectivity index (χ2v) is 5.97. The standard InChI is InChI=1S/C16H17Cl2N3O/c1-3-6-21-10-12(8-19-21)9-20(2)11-16(22)14-5-4-13(17)7-15(14)18/h1,4-5,7-8,10,16,22H,6,9,11H2,2H3. The Morgan fingerprint density at radius 2 is 2.23 bits per heavy atom. The molecule has 116 valence electrons. The quantitative estimate of drug-likeness (QED) is 0.824. The van der Waals surface area contributed by atoms with Crippen molar-refractivity contribution >= 4 is 23.2 Å². The smallest absolute Gasteiger partial charge is 0.101 e. The zero-order valence-corrected chi connectivity index (χ0v) is 13.7. The fourth-order valence-corrected chi connectivity index (χ4v) is 2.74. The summed E-state index contributed by atoms with van der Waals surface area (Å²) < 4.78 is 1.70. The lowest BCUT2D eigenvalue weighted by Gasteiger charge is -2.21. The Balaban J connectivity index is 1.95. The Morgan fingerprint density at radius 3 is 2.91 bits per heavy atom. The zero-order valence-electron chi connectivity index (χ0n) is 12.2. The lowest BCUT2D eigenvalue weighted by molar-refractivity contribution is 0.124. The van der Waals surface area contributed by atoms with Crippen molar-refractivity contribution in [1.82, 2.24) is 14.7 Å². The molecule has 1 unspecified atom stereocenters. The van der Waals surface area contributed by atoms with Crippen LogP contribution in [-0.4, -0.2) is 33.4 Å². The highest BCUT2D eigenvalue weighted by Crippen LogP contribution is 2.26. The number of benzene rings is 1. The summed E-state index contributed by atoms with van der Waals surface area (Å²) in [5.74, 6) is 2.54. The highest BCUT2D eigenvalue weighted by Gasteiger charge is 2.15. The average molecular weight is 338 g/mol. The van der Waals surface area contributed by atoms with Gasteiger partial charge in [-0.2, -0.15) is 5.10 Å². The molecule has 0 saturated heterocycles. The van der Waals surface area contributed by atoms with Gasteiger partial charge in [0.1, 0.15) is 6.54 Å². The molecule has 6 heteroatoms. The highest BCUT2D eigenvalue weighted by molar-refractivity contribution is 6.35. The summed E-state index contributed by atoms with van der Waals surface area (Å²) in [7, 11) is 1.92. The topological polar surface area (TPSA) is 41.3 Å². The van der Waals surface area contributed by atoms with Crippen LogP contribution in [0.25, 0.3) is 0 Å². The molecule has 1 atom stereocenters. The molecule has 22 heavy (non-hydrogen) atoms. The number of likely N-dealkylation sites (N-methyl/N-ethyl adjacent to an activating group) is 1. The van der Waals surface area contributed by atoms with Crippen molar-refractivity contribution in [3.05, 3.63) is 51.8 Å². The molecule has 0 spiro atoms. The van der Waals surface area contributed by atoms with Gasteiger partial charge in [-0.15, -0.1) is 6.42 Å². The predicted molar refractivity (Wildman–Crippen MR) is 88.8 cm³/mol. The van der Waals surface area contributed by atoms with Gasteiger partial charge in [0.2, 0.25) is 0 Å². The summed E-state index contributed by atoms with van der Waals surface area (Å²) in [6, 6.07) is 5.09. The number of terminal acetylenes is 1. The van der Waals surface area contributed by atoms with E-state index in [0.29, 0.717) is 35.2 Å². The van der Waals surface area contributed by atoms with Gasteiger partial charge in [0, 0.05) is 40.5 Å². The van der Waals surface area contributed by atoms with Gasteiger partial charge in [-0.05, 0) is 19.2 Å². The van der Waals surface area contributed by atoms with Crippen molar-refractivity contribution in [2.75, 3.05) is 13.6 Å². The summed E-state index contributed by atoms with van der Waals surface area (Å²) in [5, 5.41) is 15.5. The van der Waals surface area contributed by atoms with E-state index in [1.54, 1.807) is 29.1 Å². The first-order valence-corrected chi connectivity index (χ1v) is 7.51. The summed E-state index contributed by atoms with van der Waals surface area (Å²) in [4.78, 5) is 1.99. The molecule has 0 aliphatic rings. The maximum absolute atomic E-state index is 10.3. The van der Waals surface area contributed by atoms with Crippen LogP contribution in [0.4, 0.5) is 0 Å². The van der Waals surface area contributed by atoms with Gasteiger partial charge < -0.3 is 5.11 Å². The Labute approximate surface area is 140 Å². The van der Waals surface area contributed by atoms with Gasteiger partial charge in [-0.25, -0.2) is 0 Å². The van der Waals surface area contributed by atoms with E-state index in [0.717, 1.165) is 5.56 Å². The van der Waals surface area contributed by atoms with E-state index in [1.165, 1.54) is 0 Å². The monoisotopic (exact) mass is 337 g/mol. The maximum Gasteiger partial charge on any atom is 0.101 e. The number of aliphatic hydroxyl groups is 1. The lowest BCUT2D eigenvalue weighted by Crippen LogP contribution is -2.24. The molecule has 1 aromatic carbocycles. The van der Waals surface area contributed by atoms with Crippen LogP contribution in [0.2, 0.25) is 10.0 Å². The third-order valence-electron chi connectivity index (χ3n) is 3.20. The minimum atomic E-state index is -0.685. The zero-order chi connectivity index (χ0) is 16.1. The van der Waals surface area contributed by atoms with Crippen LogP contribution in [-0.2, 0) is 13.1 Å². The van der Waals surface area contributed by atoms with Gasteiger partial charge in [-0.3, -0.25) is 9.58 Å². The van der Waals surface area contributed by atoms with Crippen LogP contribution in [0.1, 0.15) is 17.2 Å². The molecule has 0 fully saturated rings. The maximum atomic E-state index is 10.3. The second-order valence-electron chi connectivity index (χ2n) is 5.13. The van der Waals surface area contributed by atoms with Gasteiger partial charge >= 0.3 is 0 Å². The van der Waals surface area contributed by atoms with Crippen LogP contribution >= 0.6 is 23.2 Å². The fraction of sp³-hybridized carbons (Fsp3) is 0.312. The first kappa shape index (κ1) is 16.9. The Bertz CT molecular complexity index is 678. The number of hydrogen-bond donors (Lipinski definition) is 1. The number of aliphatic hydroxyl groups excluding tert-OH is 1. The van der Waals surface area contributed by atoms with Gasteiger partial charge in [0.25, 0.3) is 0 Å². The molecule has 2 aromatic rings. The minimum absolute atomic E-state index is 0.446. The third kappa shape index (κ3) is 4.49. The molecule has 0 saturated carbocycles. The van der Waals surface area contributed by atoms with Crippen LogP contribution in [0, 0.1) is 12.3 Å².